The lowest BCUT2D eigenvalue weighted by Gasteiger charge is -2.36. The molecule has 0 spiro atoms. The van der Waals surface area contributed by atoms with Gasteiger partial charge in [0.1, 0.15) is 6.04 Å². The number of nitrogens with one attached hydrogen (secondary N) is 2. The van der Waals surface area contributed by atoms with Gasteiger partial charge in [0.25, 0.3) is 0 Å². The fourth-order valence-corrected chi connectivity index (χ4v) is 6.16. The van der Waals surface area contributed by atoms with Crippen LogP contribution < -0.4 is 22.1 Å². The van der Waals surface area contributed by atoms with E-state index in [1.807, 2.05) is 74.5 Å². The molecule has 1 aliphatic rings. The van der Waals surface area contributed by atoms with Gasteiger partial charge in [-0.1, -0.05) is 74.5 Å². The lowest BCUT2D eigenvalue weighted by molar-refractivity contribution is -0.139. The number of nitrogens with zero attached hydrogens (tertiary/aromatic N) is 2. The van der Waals surface area contributed by atoms with E-state index in [1.54, 1.807) is 16.7 Å². The van der Waals surface area contributed by atoms with E-state index in [1.165, 1.54) is 0 Å². The molecule has 2 aromatic carbocycles. The second kappa shape index (κ2) is 21.0. The molecule has 0 bridgehead atoms. The van der Waals surface area contributed by atoms with E-state index in [-0.39, 0.29) is 43.0 Å². The van der Waals surface area contributed by atoms with E-state index in [0.717, 1.165) is 11.1 Å². The minimum Gasteiger partial charge on any atom is -0.450 e. The molecule has 12 heteroatoms. The molecule has 50 heavy (non-hydrogen) atoms. The van der Waals surface area contributed by atoms with Gasteiger partial charge in [0.05, 0.1) is 18.7 Å². The Morgan fingerprint density at radius 2 is 1.34 bits per heavy atom. The number of benzene rings is 2. The average Bonchev–Trinajstić information content (AvgIpc) is 3.11. The van der Waals surface area contributed by atoms with E-state index < -0.39 is 36.0 Å². The molecular weight excluding hydrogens is 636 g/mol. The predicted octanol–water partition coefficient (Wildman–Crippen LogP) is 2.82. The minimum absolute atomic E-state index is 0.0855. The number of amides is 4. The molecule has 0 unspecified atom stereocenters. The Hall–Kier alpha value is -4.29. The van der Waals surface area contributed by atoms with Crippen LogP contribution in [0.4, 0.5) is 4.79 Å². The van der Waals surface area contributed by atoms with Crippen LogP contribution in [0.2, 0.25) is 0 Å². The number of hydrogen-bond acceptors (Lipinski definition) is 8. The third-order valence-corrected chi connectivity index (χ3v) is 8.88. The topological polar surface area (TPSA) is 177 Å². The zero-order valence-corrected chi connectivity index (χ0v) is 29.9. The molecule has 6 N–H and O–H groups in total. The normalized spacial score (nSPS) is 15.5. The third kappa shape index (κ3) is 13.2. The van der Waals surface area contributed by atoms with Gasteiger partial charge in [-0.3, -0.25) is 19.2 Å². The first-order valence-corrected chi connectivity index (χ1v) is 17.9. The van der Waals surface area contributed by atoms with Gasteiger partial charge in [-0.05, 0) is 69.0 Å². The summed E-state index contributed by atoms with van der Waals surface area (Å²) in [7, 11) is 0. The Morgan fingerprint density at radius 1 is 0.780 bits per heavy atom. The van der Waals surface area contributed by atoms with Gasteiger partial charge in [-0.15, -0.1) is 0 Å². The molecule has 0 saturated carbocycles. The van der Waals surface area contributed by atoms with Crippen LogP contribution in [0.3, 0.4) is 0 Å². The molecule has 4 atom stereocenters. The first-order chi connectivity index (χ1) is 24.0. The van der Waals surface area contributed by atoms with Crippen molar-refractivity contribution >= 4 is 29.6 Å². The molecule has 1 saturated heterocycles. The van der Waals surface area contributed by atoms with Crippen molar-refractivity contribution in [2.45, 2.75) is 83.8 Å². The van der Waals surface area contributed by atoms with Crippen molar-refractivity contribution in [3.63, 3.8) is 0 Å². The van der Waals surface area contributed by atoms with Gasteiger partial charge in [0.15, 0.2) is 5.78 Å². The molecule has 12 nitrogen and oxygen atoms in total. The van der Waals surface area contributed by atoms with Gasteiger partial charge in [-0.2, -0.15) is 0 Å². The van der Waals surface area contributed by atoms with Gasteiger partial charge in [-0.25, -0.2) is 4.79 Å². The SMILES string of the molecule is CCOC(=O)N1CCN(C(=O)[C@@H](CCCCN)NC(=O)[C@H](CC(=O)[C@@H](Cc2ccccc2)NC(=O)[C@H](N)Cc2ccccc2)CC(C)C)CC1. The summed E-state index contributed by atoms with van der Waals surface area (Å²) in [5.74, 6) is -1.97. The monoisotopic (exact) mass is 692 g/mol. The van der Waals surface area contributed by atoms with Crippen LogP contribution in [0.15, 0.2) is 60.7 Å². The molecule has 0 radical (unpaired) electrons. The smallest absolute Gasteiger partial charge is 0.409 e. The molecule has 274 valence electrons. The molecule has 4 amide bonds. The maximum absolute atomic E-state index is 14.0. The van der Waals surface area contributed by atoms with Crippen LogP contribution in [-0.4, -0.2) is 96.9 Å². The number of nitrogens with two attached hydrogens (primary N) is 2. The van der Waals surface area contributed by atoms with E-state index in [0.29, 0.717) is 64.8 Å². The van der Waals surface area contributed by atoms with Crippen molar-refractivity contribution in [2.75, 3.05) is 39.3 Å². The van der Waals surface area contributed by atoms with Crippen LogP contribution in [-0.2, 0) is 36.8 Å². The summed E-state index contributed by atoms with van der Waals surface area (Å²) >= 11 is 0. The van der Waals surface area contributed by atoms with Gasteiger partial charge >= 0.3 is 6.09 Å². The van der Waals surface area contributed by atoms with Crippen molar-refractivity contribution in [1.82, 2.24) is 20.4 Å². The summed E-state index contributed by atoms with van der Waals surface area (Å²) in [6.45, 7) is 7.74. The third-order valence-electron chi connectivity index (χ3n) is 8.88. The summed E-state index contributed by atoms with van der Waals surface area (Å²) in [5, 5.41) is 5.86. The van der Waals surface area contributed by atoms with Crippen LogP contribution in [0.5, 0.6) is 0 Å². The number of ether oxygens (including phenoxy) is 1. The van der Waals surface area contributed by atoms with Crippen molar-refractivity contribution in [3.8, 4) is 0 Å². The number of carbonyl (C=O) groups excluding carboxylic acids is 5. The Balaban J connectivity index is 1.75. The number of ketones is 1. The van der Waals surface area contributed by atoms with E-state index in [2.05, 4.69) is 10.6 Å². The number of unbranched alkanes of at least 4 members (excludes halogenated alkanes) is 1. The highest BCUT2D eigenvalue weighted by molar-refractivity contribution is 5.95. The second-order valence-electron chi connectivity index (χ2n) is 13.4. The fraction of sp³-hybridized carbons (Fsp3) is 0.553. The zero-order valence-electron chi connectivity index (χ0n) is 29.9. The lowest BCUT2D eigenvalue weighted by Crippen LogP contribution is -2.56. The Kier molecular flexibility index (Phi) is 16.9. The van der Waals surface area contributed by atoms with E-state index in [4.69, 9.17) is 16.2 Å². The minimum atomic E-state index is -0.896. The van der Waals surface area contributed by atoms with Crippen molar-refractivity contribution in [3.05, 3.63) is 71.8 Å². The number of piperazine rings is 1. The van der Waals surface area contributed by atoms with Crippen molar-refractivity contribution in [1.29, 1.82) is 0 Å². The Morgan fingerprint density at radius 3 is 1.90 bits per heavy atom. The molecular formula is C38H56N6O6. The van der Waals surface area contributed by atoms with Crippen LogP contribution in [0.1, 0.15) is 64.0 Å². The maximum atomic E-state index is 14.0. The Bertz CT molecular complexity index is 1370. The molecule has 1 fully saturated rings. The zero-order chi connectivity index (χ0) is 36.5. The molecule has 3 rings (SSSR count). The number of Topliss-reactive ketones (excluding diaryl/α,β-unsaturated/α-hetero) is 1. The van der Waals surface area contributed by atoms with Crippen LogP contribution in [0, 0.1) is 11.8 Å². The summed E-state index contributed by atoms with van der Waals surface area (Å²) in [4.78, 5) is 70.4. The summed E-state index contributed by atoms with van der Waals surface area (Å²) in [6.07, 6.45) is 2.18. The number of rotatable bonds is 19. The van der Waals surface area contributed by atoms with Gasteiger partial charge < -0.3 is 36.6 Å². The highest BCUT2D eigenvalue weighted by Gasteiger charge is 2.34. The van der Waals surface area contributed by atoms with Gasteiger partial charge in [0.2, 0.25) is 17.7 Å². The number of hydrogen-bond donors (Lipinski definition) is 4. The Labute approximate surface area is 296 Å². The first-order valence-electron chi connectivity index (χ1n) is 17.9. The predicted molar refractivity (Wildman–Crippen MR) is 193 cm³/mol. The molecule has 1 aliphatic heterocycles. The quantitative estimate of drug-likeness (QED) is 0.163. The highest BCUT2D eigenvalue weighted by Crippen LogP contribution is 2.20. The summed E-state index contributed by atoms with van der Waals surface area (Å²) < 4.78 is 5.10. The van der Waals surface area contributed by atoms with Crippen LogP contribution >= 0.6 is 0 Å². The lowest BCUT2D eigenvalue weighted by atomic mass is 9.88. The first kappa shape index (κ1) is 40.1. The largest absolute Gasteiger partial charge is 0.450 e. The maximum Gasteiger partial charge on any atom is 0.409 e. The standard InChI is InChI=1S/C38H56N6O6/c1-4-50-38(49)44-21-19-43(20-22-44)37(48)32(17-11-12-18-39)41-35(46)30(23-27(2)3)26-34(45)33(25-29-15-9-6-10-16-29)42-36(47)31(40)24-28-13-7-5-8-14-28/h5-10,13-16,27,30-33H,4,11-12,17-26,39-40H2,1-3H3,(H,41,46)(H,42,47)/t30-,31+,32+,33+/m0/s1. The van der Waals surface area contributed by atoms with Crippen molar-refractivity contribution < 1.29 is 28.7 Å². The molecule has 0 aromatic heterocycles. The van der Waals surface area contributed by atoms with Gasteiger partial charge in [0, 0.05) is 38.5 Å². The molecule has 1 heterocycles. The fourth-order valence-electron chi connectivity index (χ4n) is 6.16. The molecule has 0 aliphatic carbocycles. The van der Waals surface area contributed by atoms with Crippen LogP contribution in [0.25, 0.3) is 0 Å². The second-order valence-corrected chi connectivity index (χ2v) is 13.4. The number of carbonyl (C=O) groups is 5. The average molecular weight is 693 g/mol. The highest BCUT2D eigenvalue weighted by atomic mass is 16.6. The van der Waals surface area contributed by atoms with E-state index >= 15 is 0 Å². The summed E-state index contributed by atoms with van der Waals surface area (Å²) in [5.41, 5.74) is 13.8. The van der Waals surface area contributed by atoms with Crippen molar-refractivity contribution in [2.24, 2.45) is 23.3 Å². The molecule has 2 aromatic rings. The van der Waals surface area contributed by atoms with E-state index in [9.17, 15) is 24.0 Å². The summed E-state index contributed by atoms with van der Waals surface area (Å²) in [6, 6.07) is 16.3.